The molecule has 1 aromatic carbocycles. The number of nitro groups is 1. The van der Waals surface area contributed by atoms with Gasteiger partial charge in [-0.1, -0.05) is 20.8 Å². The number of nitrogens with zero attached hydrogens (tertiary/aromatic N) is 1. The van der Waals surface area contributed by atoms with E-state index in [2.05, 4.69) is 0 Å². The summed E-state index contributed by atoms with van der Waals surface area (Å²) in [5, 5.41) is 10.9. The molecule has 0 spiro atoms. The van der Waals surface area contributed by atoms with Crippen LogP contribution in [0, 0.1) is 21.3 Å². The summed E-state index contributed by atoms with van der Waals surface area (Å²) in [4.78, 5) is 9.14. The van der Waals surface area contributed by atoms with Crippen molar-refractivity contribution in [3.05, 3.63) is 28.1 Å². The Morgan fingerprint density at radius 2 is 1.95 bits per heavy atom. The minimum atomic E-state index is -4.41. The summed E-state index contributed by atoms with van der Waals surface area (Å²) in [5.41, 5.74) is -0.711. The number of nitro benzene ring substituents is 1. The first-order chi connectivity index (χ1) is 9.42. The zero-order chi connectivity index (χ0) is 16.4. The fourth-order valence-corrected chi connectivity index (χ4v) is 2.34. The van der Waals surface area contributed by atoms with Gasteiger partial charge in [0, 0.05) is 22.8 Å². The lowest BCUT2D eigenvalue weighted by molar-refractivity contribution is -0.386. The van der Waals surface area contributed by atoms with Gasteiger partial charge in [-0.05, 0) is 11.8 Å². The van der Waals surface area contributed by atoms with Gasteiger partial charge in [0.25, 0.3) is 9.05 Å². The van der Waals surface area contributed by atoms with Crippen molar-refractivity contribution in [1.82, 2.24) is 0 Å². The van der Waals surface area contributed by atoms with Crippen LogP contribution in [0.2, 0.25) is 0 Å². The van der Waals surface area contributed by atoms with E-state index in [-0.39, 0.29) is 17.8 Å². The van der Waals surface area contributed by atoms with E-state index in [0.29, 0.717) is 18.6 Å². The monoisotopic (exact) mass is 339 g/mol. The second-order valence-electron chi connectivity index (χ2n) is 5.60. The van der Waals surface area contributed by atoms with E-state index < -0.39 is 30.4 Å². The van der Waals surface area contributed by atoms with Crippen molar-refractivity contribution < 1.29 is 22.5 Å². The van der Waals surface area contributed by atoms with Crippen molar-refractivity contribution in [3.8, 4) is 5.75 Å². The summed E-state index contributed by atoms with van der Waals surface area (Å²) >= 11 is 0. The molecular weight excluding hydrogens is 325 g/mol. The molecule has 0 aromatic heterocycles. The first-order valence-electron chi connectivity index (χ1n) is 5.97. The summed E-state index contributed by atoms with van der Waals surface area (Å²) in [6, 6.07) is 1.22. The Morgan fingerprint density at radius 3 is 2.38 bits per heavy atom. The fraction of sp³-hybridized carbons (Fsp3) is 0.500. The topological polar surface area (TPSA) is 86.5 Å². The quantitative estimate of drug-likeness (QED) is 0.465. The number of hydrogen-bond acceptors (Lipinski definition) is 5. The highest BCUT2D eigenvalue weighted by molar-refractivity contribution is 8.13. The third-order valence-electron chi connectivity index (χ3n) is 2.58. The van der Waals surface area contributed by atoms with Crippen molar-refractivity contribution in [2.75, 3.05) is 6.61 Å². The molecule has 118 valence electrons. The van der Waals surface area contributed by atoms with Crippen LogP contribution in [0.4, 0.5) is 10.1 Å². The standard InChI is InChI=1S/C12H15ClFNO5S/c1-12(2,3)4-5-20-10-6-8(14)11(21(13,18)19)7-9(10)15(16)17/h6-7H,4-5H2,1-3H3. The molecule has 0 N–H and O–H groups in total. The van der Waals surface area contributed by atoms with Crippen molar-refractivity contribution in [3.63, 3.8) is 0 Å². The average molecular weight is 340 g/mol. The fourth-order valence-electron chi connectivity index (χ4n) is 1.44. The lowest BCUT2D eigenvalue weighted by Gasteiger charge is -2.18. The van der Waals surface area contributed by atoms with Crippen molar-refractivity contribution in [1.29, 1.82) is 0 Å². The van der Waals surface area contributed by atoms with Crippen LogP contribution in [0.1, 0.15) is 27.2 Å². The molecule has 1 aromatic rings. The van der Waals surface area contributed by atoms with Gasteiger partial charge >= 0.3 is 5.69 Å². The maximum atomic E-state index is 13.7. The van der Waals surface area contributed by atoms with E-state index in [0.717, 1.165) is 0 Å². The minimum Gasteiger partial charge on any atom is -0.487 e. The molecule has 0 aliphatic carbocycles. The maximum absolute atomic E-state index is 13.7. The van der Waals surface area contributed by atoms with Crippen molar-refractivity contribution in [2.45, 2.75) is 32.1 Å². The molecule has 0 unspecified atom stereocenters. The van der Waals surface area contributed by atoms with Crippen LogP contribution < -0.4 is 4.74 Å². The molecule has 6 nitrogen and oxygen atoms in total. The van der Waals surface area contributed by atoms with Crippen LogP contribution in [-0.2, 0) is 9.05 Å². The second-order valence-corrected chi connectivity index (χ2v) is 8.14. The van der Waals surface area contributed by atoms with Gasteiger partial charge in [-0.2, -0.15) is 0 Å². The van der Waals surface area contributed by atoms with Gasteiger partial charge in [-0.3, -0.25) is 10.1 Å². The third-order valence-corrected chi connectivity index (χ3v) is 3.92. The number of hydrogen-bond donors (Lipinski definition) is 0. The zero-order valence-corrected chi connectivity index (χ0v) is 13.3. The first kappa shape index (κ1) is 17.6. The first-order valence-corrected chi connectivity index (χ1v) is 8.28. The predicted molar refractivity (Wildman–Crippen MR) is 75.7 cm³/mol. The highest BCUT2D eigenvalue weighted by atomic mass is 35.7. The van der Waals surface area contributed by atoms with Crippen LogP contribution in [0.15, 0.2) is 17.0 Å². The van der Waals surface area contributed by atoms with Gasteiger partial charge < -0.3 is 4.74 Å². The summed E-state index contributed by atoms with van der Waals surface area (Å²) < 4.78 is 41.2. The highest BCUT2D eigenvalue weighted by Crippen LogP contribution is 2.33. The van der Waals surface area contributed by atoms with Crippen LogP contribution in [-0.4, -0.2) is 19.9 Å². The van der Waals surface area contributed by atoms with Gasteiger partial charge in [0.15, 0.2) is 5.75 Å². The zero-order valence-electron chi connectivity index (χ0n) is 11.7. The molecule has 9 heteroatoms. The molecule has 21 heavy (non-hydrogen) atoms. The molecule has 0 saturated carbocycles. The normalized spacial score (nSPS) is 12.2. The molecular formula is C12H15ClFNO5S. The minimum absolute atomic E-state index is 0.0628. The van der Waals surface area contributed by atoms with Crippen LogP contribution in [0.3, 0.4) is 0 Å². The van der Waals surface area contributed by atoms with E-state index in [1.165, 1.54) is 0 Å². The van der Waals surface area contributed by atoms with Gasteiger partial charge in [0.2, 0.25) is 0 Å². The van der Waals surface area contributed by atoms with E-state index >= 15 is 0 Å². The SMILES string of the molecule is CC(C)(C)CCOc1cc(F)c(S(=O)(=O)Cl)cc1[N+](=O)[O-]. The second kappa shape index (κ2) is 6.15. The van der Waals surface area contributed by atoms with E-state index in [1.54, 1.807) is 0 Å². The predicted octanol–water partition coefficient (Wildman–Crippen LogP) is 3.48. The van der Waals surface area contributed by atoms with Gasteiger partial charge in [0.1, 0.15) is 10.7 Å². The Kier molecular flexibility index (Phi) is 5.16. The van der Waals surface area contributed by atoms with Gasteiger partial charge in [0.05, 0.1) is 11.5 Å². The molecule has 0 radical (unpaired) electrons. The summed E-state index contributed by atoms with van der Waals surface area (Å²) in [5.74, 6) is -1.52. The number of halogens is 2. The largest absolute Gasteiger partial charge is 0.487 e. The molecule has 0 amide bonds. The van der Waals surface area contributed by atoms with Gasteiger partial charge in [-0.25, -0.2) is 12.8 Å². The maximum Gasteiger partial charge on any atom is 0.312 e. The average Bonchev–Trinajstić information content (AvgIpc) is 2.24. The number of benzene rings is 1. The van der Waals surface area contributed by atoms with E-state index in [9.17, 15) is 22.9 Å². The Labute approximate surface area is 126 Å². The highest BCUT2D eigenvalue weighted by Gasteiger charge is 2.26. The van der Waals surface area contributed by atoms with Crippen LogP contribution in [0.5, 0.6) is 5.75 Å². The van der Waals surface area contributed by atoms with Crippen molar-refractivity contribution in [2.24, 2.45) is 5.41 Å². The molecule has 0 heterocycles. The molecule has 0 aliphatic rings. The summed E-state index contributed by atoms with van der Waals surface area (Å²) in [6.45, 7) is 5.99. The van der Waals surface area contributed by atoms with E-state index in [1.807, 2.05) is 20.8 Å². The Balaban J connectivity index is 3.16. The molecule has 0 saturated heterocycles. The molecule has 0 atom stereocenters. The smallest absolute Gasteiger partial charge is 0.312 e. The lowest BCUT2D eigenvalue weighted by Crippen LogP contribution is -2.12. The summed E-state index contributed by atoms with van der Waals surface area (Å²) in [7, 11) is 0.613. The molecule has 0 aliphatic heterocycles. The van der Waals surface area contributed by atoms with Gasteiger partial charge in [-0.15, -0.1) is 0 Å². The lowest BCUT2D eigenvalue weighted by atomic mass is 9.93. The number of rotatable bonds is 5. The summed E-state index contributed by atoms with van der Waals surface area (Å²) in [6.07, 6.45) is 0.585. The van der Waals surface area contributed by atoms with Crippen molar-refractivity contribution >= 4 is 25.4 Å². The Bertz CT molecular complexity index is 654. The van der Waals surface area contributed by atoms with Crippen LogP contribution >= 0.6 is 10.7 Å². The van der Waals surface area contributed by atoms with E-state index in [4.69, 9.17) is 15.4 Å². The Morgan fingerprint density at radius 1 is 1.38 bits per heavy atom. The molecule has 1 rings (SSSR count). The third kappa shape index (κ3) is 5.13. The van der Waals surface area contributed by atoms with Crippen LogP contribution in [0.25, 0.3) is 0 Å². The molecule has 0 fully saturated rings. The Hall–Kier alpha value is -1.41. The number of ether oxygens (including phenoxy) is 1. The molecule has 0 bridgehead atoms.